The van der Waals surface area contributed by atoms with Crippen molar-refractivity contribution in [1.29, 1.82) is 0 Å². The van der Waals surface area contributed by atoms with Gasteiger partial charge in [0, 0.05) is 23.2 Å². The number of aromatic nitrogens is 1. The van der Waals surface area contributed by atoms with Crippen LogP contribution in [-0.2, 0) is 15.1 Å². The van der Waals surface area contributed by atoms with Gasteiger partial charge in [-0.15, -0.1) is 0 Å². The number of ketones is 1. The molecule has 162 valence electrons. The van der Waals surface area contributed by atoms with Crippen LogP contribution in [0.15, 0.2) is 66.9 Å². The average Bonchev–Trinajstić information content (AvgIpc) is 2.80. The van der Waals surface area contributed by atoms with E-state index in [2.05, 4.69) is 4.98 Å². The highest BCUT2D eigenvalue weighted by atomic mass is 35.5. The van der Waals surface area contributed by atoms with Crippen molar-refractivity contribution in [3.63, 3.8) is 0 Å². The summed E-state index contributed by atoms with van der Waals surface area (Å²) in [6, 6.07) is 17.2. The molecule has 0 saturated heterocycles. The lowest BCUT2D eigenvalue weighted by Gasteiger charge is -2.64. The molecule has 4 atom stereocenters. The number of nitrogens with zero attached hydrogens (tertiary/aromatic N) is 1. The molecular weight excluding hydrogens is 453 g/mol. The van der Waals surface area contributed by atoms with E-state index in [9.17, 15) is 14.7 Å². The Kier molecular flexibility index (Phi) is 4.78. The van der Waals surface area contributed by atoms with Crippen LogP contribution in [0.5, 0.6) is 5.75 Å². The third-order valence-electron chi connectivity index (χ3n) is 6.33. The Morgan fingerprint density at radius 2 is 1.78 bits per heavy atom. The Bertz CT molecular complexity index is 1230. The number of esters is 1. The van der Waals surface area contributed by atoms with Crippen molar-refractivity contribution < 1.29 is 24.2 Å². The van der Waals surface area contributed by atoms with Gasteiger partial charge in [-0.05, 0) is 23.3 Å². The van der Waals surface area contributed by atoms with Gasteiger partial charge < -0.3 is 14.6 Å². The zero-order valence-electron chi connectivity index (χ0n) is 16.8. The molecule has 1 saturated carbocycles. The number of pyridine rings is 1. The number of methoxy groups -OCH3 is 1. The highest BCUT2D eigenvalue weighted by molar-refractivity contribution is 6.31. The van der Waals surface area contributed by atoms with Crippen molar-refractivity contribution in [3.8, 4) is 5.75 Å². The minimum Gasteiger partial charge on any atom is -0.476 e. The van der Waals surface area contributed by atoms with Crippen molar-refractivity contribution >= 4 is 35.0 Å². The number of carbonyl (C=O) groups excluding carboxylic acids is 2. The van der Waals surface area contributed by atoms with Crippen LogP contribution in [0.4, 0.5) is 0 Å². The molecule has 1 aliphatic heterocycles. The minimum absolute atomic E-state index is 0.0955. The molecule has 1 aromatic heterocycles. The third kappa shape index (κ3) is 2.60. The molecule has 1 aliphatic carbocycles. The highest BCUT2D eigenvalue weighted by Crippen LogP contribution is 2.68. The Morgan fingerprint density at radius 3 is 2.44 bits per heavy atom. The van der Waals surface area contributed by atoms with Crippen LogP contribution < -0.4 is 4.74 Å². The minimum atomic E-state index is -2.26. The predicted molar refractivity (Wildman–Crippen MR) is 117 cm³/mol. The van der Waals surface area contributed by atoms with Crippen molar-refractivity contribution in [2.75, 3.05) is 7.11 Å². The number of fused-ring (bicyclic) bond motifs is 2. The zero-order valence-corrected chi connectivity index (χ0v) is 18.3. The number of aliphatic hydroxyl groups is 1. The first kappa shape index (κ1) is 20.9. The second-order valence-electron chi connectivity index (χ2n) is 7.83. The van der Waals surface area contributed by atoms with Gasteiger partial charge in [-0.25, -0.2) is 4.98 Å². The summed E-state index contributed by atoms with van der Waals surface area (Å²) >= 11 is 12.2. The molecule has 3 aromatic rings. The molecule has 8 heteroatoms. The van der Waals surface area contributed by atoms with E-state index < -0.39 is 34.8 Å². The number of benzene rings is 2. The molecule has 2 aliphatic rings. The molecule has 1 N–H and O–H groups in total. The van der Waals surface area contributed by atoms with Crippen LogP contribution in [0.2, 0.25) is 10.0 Å². The predicted octanol–water partition coefficient (Wildman–Crippen LogP) is 4.18. The normalized spacial score (nSPS) is 28.1. The van der Waals surface area contributed by atoms with E-state index in [-0.39, 0.29) is 16.5 Å². The lowest BCUT2D eigenvalue weighted by Crippen LogP contribution is -2.80. The van der Waals surface area contributed by atoms with E-state index in [0.29, 0.717) is 16.1 Å². The van der Waals surface area contributed by atoms with Crippen LogP contribution in [0.1, 0.15) is 27.5 Å². The number of hydrogen-bond acceptors (Lipinski definition) is 6. The first-order chi connectivity index (χ1) is 15.3. The summed E-state index contributed by atoms with van der Waals surface area (Å²) in [5.41, 5.74) is -2.80. The van der Waals surface area contributed by atoms with E-state index in [1.165, 1.54) is 19.4 Å². The summed E-state index contributed by atoms with van der Waals surface area (Å²) in [7, 11) is 1.22. The highest BCUT2D eigenvalue weighted by Gasteiger charge is 2.82. The second-order valence-corrected chi connectivity index (χ2v) is 8.70. The Hall–Kier alpha value is -2.93. The van der Waals surface area contributed by atoms with E-state index in [4.69, 9.17) is 32.7 Å². The molecule has 0 radical (unpaired) electrons. The molecule has 2 aromatic carbocycles. The largest absolute Gasteiger partial charge is 0.476 e. The molecule has 0 spiro atoms. The molecule has 0 bridgehead atoms. The van der Waals surface area contributed by atoms with E-state index in [1.54, 1.807) is 24.3 Å². The van der Waals surface area contributed by atoms with E-state index >= 15 is 0 Å². The van der Waals surface area contributed by atoms with Gasteiger partial charge in [-0.3, -0.25) is 9.59 Å². The molecule has 4 unspecified atom stereocenters. The summed E-state index contributed by atoms with van der Waals surface area (Å²) in [5.74, 6) is -3.28. The fourth-order valence-electron chi connectivity index (χ4n) is 5.00. The number of halogens is 2. The van der Waals surface area contributed by atoms with Crippen LogP contribution in [-0.4, -0.2) is 34.6 Å². The lowest BCUT2D eigenvalue weighted by molar-refractivity contribution is -0.251. The van der Waals surface area contributed by atoms with Gasteiger partial charge >= 0.3 is 5.97 Å². The maximum atomic E-state index is 13.7. The number of hydrogen-bond donors (Lipinski definition) is 1. The number of carbonyl (C=O) groups is 2. The third-order valence-corrected chi connectivity index (χ3v) is 6.78. The molecule has 32 heavy (non-hydrogen) atoms. The summed E-state index contributed by atoms with van der Waals surface area (Å²) in [6.45, 7) is 0. The summed E-state index contributed by atoms with van der Waals surface area (Å²) in [5, 5.41) is 12.7. The number of Topliss-reactive ketones (excluding diaryl/α,β-unsaturated/α-hetero) is 1. The second kappa shape index (κ2) is 7.30. The fraction of sp³-hybridized carbons (Fsp3) is 0.208. The van der Waals surface area contributed by atoms with Gasteiger partial charge in [0.1, 0.15) is 5.92 Å². The first-order valence-corrected chi connectivity index (χ1v) is 10.6. The van der Waals surface area contributed by atoms with Crippen LogP contribution >= 0.6 is 23.2 Å². The van der Waals surface area contributed by atoms with E-state index in [1.807, 2.05) is 30.3 Å². The Labute approximate surface area is 193 Å². The smallest absolute Gasteiger partial charge is 0.313 e. The van der Waals surface area contributed by atoms with Gasteiger partial charge in [0.15, 0.2) is 22.6 Å². The maximum Gasteiger partial charge on any atom is 0.313 e. The SMILES string of the molecule is COC(=O)C1C(c2ccccc2)C2(c3ccc(Cl)cc3)Oc3cc(Cl)cnc3C(=O)C12O. The van der Waals surface area contributed by atoms with Crippen molar-refractivity contribution in [2.24, 2.45) is 5.92 Å². The zero-order chi connectivity index (χ0) is 22.7. The Balaban J connectivity index is 1.83. The van der Waals surface area contributed by atoms with Crippen LogP contribution in [0, 0.1) is 5.92 Å². The summed E-state index contributed by atoms with van der Waals surface area (Å²) in [6.07, 6.45) is 1.29. The van der Waals surface area contributed by atoms with E-state index in [0.717, 1.165) is 0 Å². The topological polar surface area (TPSA) is 85.7 Å². The molecule has 6 nitrogen and oxygen atoms in total. The number of ether oxygens (including phenoxy) is 2. The van der Waals surface area contributed by atoms with Gasteiger partial charge in [0.25, 0.3) is 0 Å². The summed E-state index contributed by atoms with van der Waals surface area (Å²) in [4.78, 5) is 30.7. The molecule has 5 rings (SSSR count). The molecular formula is C24H17Cl2NO5. The molecule has 0 amide bonds. The average molecular weight is 470 g/mol. The quantitative estimate of drug-likeness (QED) is 0.579. The Morgan fingerprint density at radius 1 is 1.09 bits per heavy atom. The standard InChI is InChI=1S/C24H17Cl2NO5/c1-31-22(29)19-18(13-5-3-2-4-6-13)24(14-7-9-15(25)10-8-14)23(19,30)21(28)20-17(32-24)11-16(26)12-27-20/h2-12,18-19,30H,1H3. The monoisotopic (exact) mass is 469 g/mol. The number of rotatable bonds is 3. The maximum absolute atomic E-state index is 13.7. The van der Waals surface area contributed by atoms with Crippen LogP contribution in [0.3, 0.4) is 0 Å². The van der Waals surface area contributed by atoms with Crippen molar-refractivity contribution in [3.05, 3.63) is 93.7 Å². The molecule has 2 heterocycles. The fourth-order valence-corrected chi connectivity index (χ4v) is 5.27. The van der Waals surface area contributed by atoms with Crippen molar-refractivity contribution in [1.82, 2.24) is 4.98 Å². The van der Waals surface area contributed by atoms with Gasteiger partial charge in [0.2, 0.25) is 5.78 Å². The summed E-state index contributed by atoms with van der Waals surface area (Å²) < 4.78 is 11.4. The van der Waals surface area contributed by atoms with Crippen LogP contribution in [0.25, 0.3) is 0 Å². The van der Waals surface area contributed by atoms with Gasteiger partial charge in [-0.2, -0.15) is 0 Å². The van der Waals surface area contributed by atoms with Gasteiger partial charge in [-0.1, -0.05) is 65.7 Å². The molecule has 1 fully saturated rings. The first-order valence-electron chi connectivity index (χ1n) is 9.85. The van der Waals surface area contributed by atoms with Gasteiger partial charge in [0.05, 0.1) is 12.1 Å². The lowest BCUT2D eigenvalue weighted by atomic mass is 9.44. The van der Waals surface area contributed by atoms with Crippen molar-refractivity contribution in [2.45, 2.75) is 17.1 Å².